The molecule has 2 saturated heterocycles. The molecule has 0 radical (unpaired) electrons. The van der Waals surface area contributed by atoms with E-state index in [0.29, 0.717) is 12.1 Å². The molecule has 0 saturated carbocycles. The van der Waals surface area contributed by atoms with Gasteiger partial charge in [-0.05, 0) is 32.7 Å². The van der Waals surface area contributed by atoms with Crippen LogP contribution in [0.5, 0.6) is 0 Å². The number of piperidine rings is 1. The van der Waals surface area contributed by atoms with Gasteiger partial charge in [0.1, 0.15) is 5.01 Å². The van der Waals surface area contributed by atoms with E-state index in [-0.39, 0.29) is 5.54 Å². The van der Waals surface area contributed by atoms with Crippen LogP contribution in [-0.2, 0) is 10.3 Å². The summed E-state index contributed by atoms with van der Waals surface area (Å²) in [5.41, 5.74) is 0.0744. The molecule has 2 bridgehead atoms. The zero-order valence-corrected chi connectivity index (χ0v) is 12.6. The van der Waals surface area contributed by atoms with Gasteiger partial charge in [0.05, 0.1) is 12.1 Å². The average molecular weight is 281 g/mol. The van der Waals surface area contributed by atoms with Gasteiger partial charge < -0.3 is 15.0 Å². The van der Waals surface area contributed by atoms with Crippen LogP contribution >= 0.6 is 11.3 Å². The summed E-state index contributed by atoms with van der Waals surface area (Å²) in [5.74, 6) is 0. The smallest absolute Gasteiger partial charge is 0.113 e. The maximum atomic E-state index is 5.20. The van der Waals surface area contributed by atoms with E-state index < -0.39 is 0 Å². The SMILES string of the molecule is COCCNC1(c2nccs2)CC2CCC(C1)N2C. The lowest BCUT2D eigenvalue weighted by Crippen LogP contribution is -2.55. The lowest BCUT2D eigenvalue weighted by atomic mass is 9.83. The highest BCUT2D eigenvalue weighted by molar-refractivity contribution is 7.09. The van der Waals surface area contributed by atoms with Crippen LogP contribution in [0.4, 0.5) is 0 Å². The summed E-state index contributed by atoms with van der Waals surface area (Å²) in [5, 5.41) is 7.11. The van der Waals surface area contributed by atoms with E-state index >= 15 is 0 Å². The summed E-state index contributed by atoms with van der Waals surface area (Å²) >= 11 is 1.79. The zero-order valence-electron chi connectivity index (χ0n) is 11.8. The highest BCUT2D eigenvalue weighted by Crippen LogP contribution is 2.45. The average Bonchev–Trinajstić information content (AvgIpc) is 3.00. The van der Waals surface area contributed by atoms with E-state index in [2.05, 4.69) is 27.6 Å². The summed E-state index contributed by atoms with van der Waals surface area (Å²) < 4.78 is 5.20. The van der Waals surface area contributed by atoms with Gasteiger partial charge in [-0.25, -0.2) is 4.98 Å². The van der Waals surface area contributed by atoms with E-state index in [1.165, 1.54) is 30.7 Å². The van der Waals surface area contributed by atoms with Gasteiger partial charge in [0, 0.05) is 37.3 Å². The van der Waals surface area contributed by atoms with Crippen molar-refractivity contribution in [3.8, 4) is 0 Å². The molecule has 2 unspecified atom stereocenters. The van der Waals surface area contributed by atoms with Crippen molar-refractivity contribution in [1.82, 2.24) is 15.2 Å². The Morgan fingerprint density at radius 3 is 2.79 bits per heavy atom. The zero-order chi connectivity index (χ0) is 13.3. The first-order valence-corrected chi connectivity index (χ1v) is 7.99. The number of nitrogens with zero attached hydrogens (tertiary/aromatic N) is 2. The molecule has 1 aromatic rings. The van der Waals surface area contributed by atoms with Crippen LogP contribution in [0.1, 0.15) is 30.7 Å². The fraction of sp³-hybridized carbons (Fsp3) is 0.786. The van der Waals surface area contributed by atoms with Gasteiger partial charge in [0.15, 0.2) is 0 Å². The molecule has 0 amide bonds. The van der Waals surface area contributed by atoms with Crippen molar-refractivity contribution in [3.05, 3.63) is 16.6 Å². The molecule has 3 rings (SSSR count). The maximum Gasteiger partial charge on any atom is 0.113 e. The molecule has 0 spiro atoms. The first kappa shape index (κ1) is 13.5. The number of hydrogen-bond donors (Lipinski definition) is 1. The van der Waals surface area contributed by atoms with Crippen molar-refractivity contribution in [3.63, 3.8) is 0 Å². The molecule has 2 fully saturated rings. The Labute approximate surface area is 119 Å². The quantitative estimate of drug-likeness (QED) is 0.836. The molecule has 4 nitrogen and oxygen atoms in total. The minimum Gasteiger partial charge on any atom is -0.383 e. The Bertz CT molecular complexity index is 395. The van der Waals surface area contributed by atoms with Crippen LogP contribution < -0.4 is 5.32 Å². The van der Waals surface area contributed by atoms with E-state index in [4.69, 9.17) is 4.74 Å². The molecular weight excluding hydrogens is 258 g/mol. The third-order valence-electron chi connectivity index (χ3n) is 4.76. The molecule has 2 aliphatic heterocycles. The molecule has 3 heterocycles. The fourth-order valence-electron chi connectivity index (χ4n) is 3.72. The largest absolute Gasteiger partial charge is 0.383 e. The third-order valence-corrected chi connectivity index (χ3v) is 5.74. The van der Waals surface area contributed by atoms with Crippen LogP contribution in [-0.4, -0.2) is 49.3 Å². The number of hydrogen-bond acceptors (Lipinski definition) is 5. The minimum absolute atomic E-state index is 0.0744. The van der Waals surface area contributed by atoms with Crippen LogP contribution in [0.2, 0.25) is 0 Å². The Morgan fingerprint density at radius 2 is 2.21 bits per heavy atom. The molecule has 2 aliphatic rings. The number of ether oxygens (including phenoxy) is 1. The number of fused-ring (bicyclic) bond motifs is 2. The highest BCUT2D eigenvalue weighted by Gasteiger charge is 2.48. The standard InChI is InChI=1S/C14H23N3OS/c1-17-11-3-4-12(17)10-14(9-11,16-5-7-18-2)13-15-6-8-19-13/h6,8,11-12,16H,3-5,7,9-10H2,1-2H3. The first-order chi connectivity index (χ1) is 9.25. The lowest BCUT2D eigenvalue weighted by Gasteiger charge is -2.45. The Kier molecular flexibility index (Phi) is 3.89. The van der Waals surface area contributed by atoms with Crippen LogP contribution in [0.15, 0.2) is 11.6 Å². The molecule has 0 aliphatic carbocycles. The van der Waals surface area contributed by atoms with Crippen molar-refractivity contribution >= 4 is 11.3 Å². The van der Waals surface area contributed by atoms with Gasteiger partial charge in [-0.3, -0.25) is 0 Å². The highest BCUT2D eigenvalue weighted by atomic mass is 32.1. The van der Waals surface area contributed by atoms with E-state index in [0.717, 1.165) is 13.2 Å². The first-order valence-electron chi connectivity index (χ1n) is 7.11. The second kappa shape index (κ2) is 5.48. The Hall–Kier alpha value is -0.490. The topological polar surface area (TPSA) is 37.4 Å². The van der Waals surface area contributed by atoms with Gasteiger partial charge in [-0.2, -0.15) is 0 Å². The number of nitrogens with one attached hydrogen (secondary N) is 1. The maximum absolute atomic E-state index is 5.20. The van der Waals surface area contributed by atoms with Crippen LogP contribution in [0.25, 0.3) is 0 Å². The van der Waals surface area contributed by atoms with Crippen LogP contribution in [0.3, 0.4) is 0 Å². The normalized spacial score (nSPS) is 34.8. The monoisotopic (exact) mass is 281 g/mol. The second-order valence-corrected chi connectivity index (χ2v) is 6.69. The van der Waals surface area contributed by atoms with Crippen molar-refractivity contribution in [1.29, 1.82) is 0 Å². The molecule has 0 aromatic carbocycles. The summed E-state index contributed by atoms with van der Waals surface area (Å²) in [6, 6.07) is 1.41. The van der Waals surface area contributed by atoms with Gasteiger partial charge in [-0.15, -0.1) is 11.3 Å². The molecular formula is C14H23N3OS. The molecule has 106 valence electrons. The lowest BCUT2D eigenvalue weighted by molar-refractivity contribution is 0.0813. The summed E-state index contributed by atoms with van der Waals surface area (Å²) in [4.78, 5) is 7.18. The third kappa shape index (κ3) is 2.44. The Morgan fingerprint density at radius 1 is 1.47 bits per heavy atom. The predicted molar refractivity (Wildman–Crippen MR) is 77.5 cm³/mol. The predicted octanol–water partition coefficient (Wildman–Crippen LogP) is 1.83. The molecule has 2 atom stereocenters. The summed E-state index contributed by atoms with van der Waals surface area (Å²) in [6.07, 6.45) is 6.95. The van der Waals surface area contributed by atoms with Gasteiger partial charge in [0.25, 0.3) is 0 Å². The number of methoxy groups -OCH3 is 1. The minimum atomic E-state index is 0.0744. The van der Waals surface area contributed by atoms with Gasteiger partial charge >= 0.3 is 0 Å². The number of thiazole rings is 1. The van der Waals surface area contributed by atoms with E-state index in [1.54, 1.807) is 18.4 Å². The van der Waals surface area contributed by atoms with Gasteiger partial charge in [0.2, 0.25) is 0 Å². The molecule has 5 heteroatoms. The van der Waals surface area contributed by atoms with Crippen LogP contribution in [0, 0.1) is 0 Å². The van der Waals surface area contributed by atoms with Crippen molar-refractivity contribution in [2.75, 3.05) is 27.3 Å². The fourth-order valence-corrected chi connectivity index (χ4v) is 4.55. The summed E-state index contributed by atoms with van der Waals surface area (Å²) in [6.45, 7) is 1.66. The van der Waals surface area contributed by atoms with Gasteiger partial charge in [-0.1, -0.05) is 0 Å². The molecule has 1 aromatic heterocycles. The number of rotatable bonds is 5. The van der Waals surface area contributed by atoms with E-state index in [9.17, 15) is 0 Å². The Balaban J connectivity index is 1.82. The van der Waals surface area contributed by atoms with Crippen molar-refractivity contribution in [2.45, 2.75) is 43.3 Å². The molecule has 19 heavy (non-hydrogen) atoms. The summed E-state index contributed by atoms with van der Waals surface area (Å²) in [7, 11) is 4.04. The van der Waals surface area contributed by atoms with Crippen molar-refractivity contribution in [2.24, 2.45) is 0 Å². The molecule has 1 N–H and O–H groups in total. The van der Waals surface area contributed by atoms with Crippen molar-refractivity contribution < 1.29 is 4.74 Å². The number of aromatic nitrogens is 1. The second-order valence-electron chi connectivity index (χ2n) is 5.80. The van der Waals surface area contributed by atoms with E-state index in [1.807, 2.05) is 6.20 Å².